The SMILES string of the molecule is NNc1ncnc(N2CC3CCCC3C2)c1Br. The van der Waals surface area contributed by atoms with Crippen LogP contribution in [0.15, 0.2) is 10.8 Å². The molecular weight excluding hydrogens is 282 g/mol. The van der Waals surface area contributed by atoms with Crippen molar-refractivity contribution in [3.63, 3.8) is 0 Å². The van der Waals surface area contributed by atoms with Gasteiger partial charge in [-0.1, -0.05) is 6.42 Å². The highest BCUT2D eigenvalue weighted by atomic mass is 79.9. The molecule has 0 spiro atoms. The Morgan fingerprint density at radius 1 is 1.29 bits per heavy atom. The molecule has 92 valence electrons. The fourth-order valence-electron chi connectivity index (χ4n) is 3.09. The third-order valence-corrected chi connectivity index (χ3v) is 4.66. The van der Waals surface area contributed by atoms with Crippen LogP contribution in [0.4, 0.5) is 11.6 Å². The second kappa shape index (κ2) is 4.42. The molecule has 1 aromatic heterocycles. The highest BCUT2D eigenvalue weighted by Gasteiger charge is 2.37. The quantitative estimate of drug-likeness (QED) is 0.643. The van der Waals surface area contributed by atoms with Crippen LogP contribution in [0.5, 0.6) is 0 Å². The Morgan fingerprint density at radius 3 is 2.65 bits per heavy atom. The van der Waals surface area contributed by atoms with Crippen LogP contribution in [0.3, 0.4) is 0 Å². The lowest BCUT2D eigenvalue weighted by atomic mass is 10.0. The third kappa shape index (κ3) is 1.89. The fraction of sp³-hybridized carbons (Fsp3) is 0.636. The van der Waals surface area contributed by atoms with Gasteiger partial charge in [0.05, 0.1) is 0 Å². The van der Waals surface area contributed by atoms with Crippen LogP contribution in [0, 0.1) is 11.8 Å². The molecule has 1 aromatic rings. The minimum absolute atomic E-state index is 0.645. The van der Waals surface area contributed by atoms with Gasteiger partial charge in [0, 0.05) is 13.1 Å². The first-order chi connectivity index (χ1) is 8.29. The molecule has 2 unspecified atom stereocenters. The first-order valence-corrected chi connectivity index (χ1v) is 6.81. The lowest BCUT2D eigenvalue weighted by Gasteiger charge is -2.20. The lowest BCUT2D eigenvalue weighted by molar-refractivity contribution is 0.494. The van der Waals surface area contributed by atoms with Crippen molar-refractivity contribution in [2.45, 2.75) is 19.3 Å². The monoisotopic (exact) mass is 297 g/mol. The summed E-state index contributed by atoms with van der Waals surface area (Å²) >= 11 is 3.52. The van der Waals surface area contributed by atoms with Gasteiger partial charge in [-0.05, 0) is 40.6 Å². The van der Waals surface area contributed by atoms with Gasteiger partial charge in [-0.3, -0.25) is 0 Å². The van der Waals surface area contributed by atoms with E-state index < -0.39 is 0 Å². The highest BCUT2D eigenvalue weighted by Crippen LogP contribution is 2.41. The van der Waals surface area contributed by atoms with Crippen molar-refractivity contribution < 1.29 is 0 Å². The molecule has 3 rings (SSSR count). The number of hydrazine groups is 1. The Kier molecular flexibility index (Phi) is 2.92. The highest BCUT2D eigenvalue weighted by molar-refractivity contribution is 9.10. The van der Waals surface area contributed by atoms with Crippen LogP contribution in [0.25, 0.3) is 0 Å². The van der Waals surface area contributed by atoms with Gasteiger partial charge in [-0.25, -0.2) is 15.8 Å². The van der Waals surface area contributed by atoms with Crippen molar-refractivity contribution in [2.24, 2.45) is 17.7 Å². The number of nitrogens with two attached hydrogens (primary N) is 1. The average Bonchev–Trinajstić information content (AvgIpc) is 2.89. The Hall–Kier alpha value is -0.880. The summed E-state index contributed by atoms with van der Waals surface area (Å²) in [5.41, 5.74) is 2.58. The van der Waals surface area contributed by atoms with Crippen LogP contribution in [0.2, 0.25) is 0 Å². The third-order valence-electron chi connectivity index (χ3n) is 3.93. The number of fused-ring (bicyclic) bond motifs is 1. The number of nitrogen functional groups attached to an aromatic ring is 1. The van der Waals surface area contributed by atoms with Crippen LogP contribution in [-0.2, 0) is 0 Å². The van der Waals surface area contributed by atoms with Crippen molar-refractivity contribution in [3.8, 4) is 0 Å². The molecule has 1 aliphatic heterocycles. The number of anilines is 2. The summed E-state index contributed by atoms with van der Waals surface area (Å²) in [4.78, 5) is 10.8. The van der Waals surface area contributed by atoms with Crippen molar-refractivity contribution in [1.29, 1.82) is 0 Å². The molecule has 2 aliphatic rings. The molecule has 0 aromatic carbocycles. The van der Waals surface area contributed by atoms with Crippen molar-refractivity contribution in [1.82, 2.24) is 9.97 Å². The minimum atomic E-state index is 0.645. The largest absolute Gasteiger partial charge is 0.355 e. The lowest BCUT2D eigenvalue weighted by Crippen LogP contribution is -2.23. The zero-order valence-electron chi connectivity index (χ0n) is 9.56. The number of nitrogens with one attached hydrogen (secondary N) is 1. The van der Waals surface area contributed by atoms with E-state index in [1.54, 1.807) is 6.33 Å². The standard InChI is InChI=1S/C11H16BrN5/c12-9-10(16-13)14-6-15-11(9)17-4-7-2-1-3-8(7)5-17/h6-8H,1-5,13H2,(H,14,15,16). The zero-order valence-corrected chi connectivity index (χ0v) is 11.2. The minimum Gasteiger partial charge on any atom is -0.355 e. The first-order valence-electron chi connectivity index (χ1n) is 6.01. The molecule has 0 radical (unpaired) electrons. The second-order valence-electron chi connectivity index (χ2n) is 4.86. The van der Waals surface area contributed by atoms with E-state index in [2.05, 4.69) is 36.2 Å². The van der Waals surface area contributed by atoms with E-state index in [1.807, 2.05) is 0 Å². The van der Waals surface area contributed by atoms with E-state index in [1.165, 1.54) is 19.3 Å². The molecule has 2 atom stereocenters. The number of nitrogens with zero attached hydrogens (tertiary/aromatic N) is 3. The number of hydrogen-bond acceptors (Lipinski definition) is 5. The summed E-state index contributed by atoms with van der Waals surface area (Å²) in [6, 6.07) is 0. The smallest absolute Gasteiger partial charge is 0.159 e. The second-order valence-corrected chi connectivity index (χ2v) is 5.65. The van der Waals surface area contributed by atoms with Gasteiger partial charge in [-0.2, -0.15) is 0 Å². The van der Waals surface area contributed by atoms with Gasteiger partial charge in [-0.15, -0.1) is 0 Å². The molecule has 2 fully saturated rings. The zero-order chi connectivity index (χ0) is 11.8. The number of aromatic nitrogens is 2. The van der Waals surface area contributed by atoms with Gasteiger partial charge >= 0.3 is 0 Å². The first kappa shape index (κ1) is 11.2. The number of hydrogen-bond donors (Lipinski definition) is 2. The maximum absolute atomic E-state index is 5.42. The van der Waals surface area contributed by atoms with E-state index in [4.69, 9.17) is 5.84 Å². The topological polar surface area (TPSA) is 67.1 Å². The number of halogens is 1. The van der Waals surface area contributed by atoms with E-state index in [0.29, 0.717) is 5.82 Å². The van der Waals surface area contributed by atoms with E-state index in [0.717, 1.165) is 35.2 Å². The molecule has 2 heterocycles. The van der Waals surface area contributed by atoms with Crippen molar-refractivity contribution >= 4 is 27.6 Å². The molecule has 1 saturated heterocycles. The normalized spacial score (nSPS) is 27.3. The summed E-state index contributed by atoms with van der Waals surface area (Å²) in [5.74, 6) is 8.73. The summed E-state index contributed by atoms with van der Waals surface area (Å²) in [6.07, 6.45) is 5.69. The maximum Gasteiger partial charge on any atom is 0.159 e. The van der Waals surface area contributed by atoms with Gasteiger partial charge in [0.15, 0.2) is 5.82 Å². The van der Waals surface area contributed by atoms with E-state index in [9.17, 15) is 0 Å². The van der Waals surface area contributed by atoms with Gasteiger partial charge < -0.3 is 10.3 Å². The molecule has 0 bridgehead atoms. The predicted molar refractivity (Wildman–Crippen MR) is 70.6 cm³/mol. The number of rotatable bonds is 2. The van der Waals surface area contributed by atoms with Gasteiger partial charge in [0.25, 0.3) is 0 Å². The maximum atomic E-state index is 5.42. The predicted octanol–water partition coefficient (Wildman–Crippen LogP) is 1.76. The molecule has 17 heavy (non-hydrogen) atoms. The molecule has 0 amide bonds. The summed E-state index contributed by atoms with van der Waals surface area (Å²) in [6.45, 7) is 2.23. The average molecular weight is 298 g/mol. The molecule has 3 N–H and O–H groups in total. The summed E-state index contributed by atoms with van der Waals surface area (Å²) in [5, 5.41) is 0. The molecule has 1 saturated carbocycles. The Morgan fingerprint density at radius 2 is 2.00 bits per heavy atom. The van der Waals surface area contributed by atoms with Crippen molar-refractivity contribution in [3.05, 3.63) is 10.8 Å². The Labute approximate surface area is 109 Å². The Balaban J connectivity index is 1.85. The van der Waals surface area contributed by atoms with Crippen LogP contribution in [0.1, 0.15) is 19.3 Å². The molecule has 5 nitrogen and oxygen atoms in total. The summed E-state index contributed by atoms with van der Waals surface area (Å²) < 4.78 is 0.863. The van der Waals surface area contributed by atoms with E-state index >= 15 is 0 Å². The van der Waals surface area contributed by atoms with Crippen LogP contribution < -0.4 is 16.2 Å². The van der Waals surface area contributed by atoms with Gasteiger partial charge in [0.1, 0.15) is 16.6 Å². The van der Waals surface area contributed by atoms with Crippen molar-refractivity contribution in [2.75, 3.05) is 23.4 Å². The molecule has 6 heteroatoms. The van der Waals surface area contributed by atoms with Crippen LogP contribution in [-0.4, -0.2) is 23.1 Å². The molecule has 1 aliphatic carbocycles. The fourth-order valence-corrected chi connectivity index (χ4v) is 3.66. The van der Waals surface area contributed by atoms with E-state index in [-0.39, 0.29) is 0 Å². The van der Waals surface area contributed by atoms with Crippen LogP contribution >= 0.6 is 15.9 Å². The Bertz CT molecular complexity index is 412. The molecular formula is C11H16BrN5. The van der Waals surface area contributed by atoms with Gasteiger partial charge in [0.2, 0.25) is 0 Å². The summed E-state index contributed by atoms with van der Waals surface area (Å²) in [7, 11) is 0.